The van der Waals surface area contributed by atoms with Crippen molar-refractivity contribution in [3.8, 4) is 11.8 Å². The first-order chi connectivity index (χ1) is 14.0. The number of nitrogens with zero attached hydrogens (tertiary/aromatic N) is 4. The lowest BCUT2D eigenvalue weighted by atomic mass is 10.1. The third-order valence-corrected chi connectivity index (χ3v) is 5.71. The number of aromatic hydroxyl groups is 2. The molecule has 0 aliphatic carbocycles. The number of anilines is 1. The molecule has 0 bridgehead atoms. The van der Waals surface area contributed by atoms with Crippen molar-refractivity contribution in [3.63, 3.8) is 0 Å². The standard InChI is InChI=1S/C20H25ClN4O4/c21-16-3-4-17(23-7-1-2-8-23)15(13-16)14-22-9-11-24(12-10-22)20(28)29-25-18(26)5-6-19(25)27/h3-6,13,26-27H,1-2,7-12,14H2. The van der Waals surface area contributed by atoms with Gasteiger partial charge in [0.2, 0.25) is 11.8 Å². The number of hydrogen-bond donors (Lipinski definition) is 2. The summed E-state index contributed by atoms with van der Waals surface area (Å²) in [7, 11) is 0. The summed E-state index contributed by atoms with van der Waals surface area (Å²) in [6.07, 6.45) is 1.83. The minimum Gasteiger partial charge on any atom is -0.492 e. The summed E-state index contributed by atoms with van der Waals surface area (Å²) in [4.78, 5) is 23.7. The second-order valence-electron chi connectivity index (χ2n) is 7.43. The molecule has 2 aromatic rings. The molecule has 0 atom stereocenters. The number of piperazine rings is 1. The molecule has 2 saturated heterocycles. The van der Waals surface area contributed by atoms with Crippen molar-refractivity contribution in [1.82, 2.24) is 14.5 Å². The summed E-state index contributed by atoms with van der Waals surface area (Å²) in [5, 5.41) is 19.9. The topological polar surface area (TPSA) is 81.4 Å². The minimum absolute atomic E-state index is 0.329. The van der Waals surface area contributed by atoms with Gasteiger partial charge in [0.05, 0.1) is 0 Å². The Labute approximate surface area is 174 Å². The van der Waals surface area contributed by atoms with Crippen molar-refractivity contribution in [2.45, 2.75) is 19.4 Å². The molecule has 0 radical (unpaired) electrons. The van der Waals surface area contributed by atoms with E-state index in [1.54, 1.807) is 4.90 Å². The van der Waals surface area contributed by atoms with Crippen LogP contribution in [0.5, 0.6) is 11.8 Å². The van der Waals surface area contributed by atoms with Crippen LogP contribution < -0.4 is 9.74 Å². The van der Waals surface area contributed by atoms with Crippen LogP contribution in [0.25, 0.3) is 0 Å². The third-order valence-electron chi connectivity index (χ3n) is 5.48. The molecule has 2 aliphatic rings. The molecule has 8 nitrogen and oxygen atoms in total. The number of carbonyl (C=O) groups excluding carboxylic acids is 1. The SMILES string of the molecule is O=C(On1c(O)ccc1O)N1CCN(Cc2cc(Cl)ccc2N2CCCC2)CC1. The number of amides is 1. The van der Waals surface area contributed by atoms with Crippen LogP contribution >= 0.6 is 11.6 Å². The lowest BCUT2D eigenvalue weighted by Crippen LogP contribution is -2.50. The molecular formula is C20H25ClN4O4. The Morgan fingerprint density at radius 1 is 0.966 bits per heavy atom. The van der Waals surface area contributed by atoms with Crippen molar-refractivity contribution in [3.05, 3.63) is 40.9 Å². The van der Waals surface area contributed by atoms with E-state index < -0.39 is 6.09 Å². The van der Waals surface area contributed by atoms with Crippen molar-refractivity contribution in [1.29, 1.82) is 0 Å². The Bertz CT molecular complexity index is 854. The summed E-state index contributed by atoms with van der Waals surface area (Å²) in [6, 6.07) is 8.59. The van der Waals surface area contributed by atoms with Gasteiger partial charge in [-0.1, -0.05) is 11.6 Å². The van der Waals surface area contributed by atoms with Gasteiger partial charge in [0.15, 0.2) is 0 Å². The lowest BCUT2D eigenvalue weighted by molar-refractivity contribution is 0.0556. The summed E-state index contributed by atoms with van der Waals surface area (Å²) in [5.41, 5.74) is 2.45. The average molecular weight is 421 g/mol. The predicted molar refractivity (Wildman–Crippen MR) is 109 cm³/mol. The van der Waals surface area contributed by atoms with E-state index in [1.165, 1.54) is 36.2 Å². The normalized spacial score (nSPS) is 17.7. The predicted octanol–water partition coefficient (Wildman–Crippen LogP) is 2.52. The maximum absolute atomic E-state index is 12.3. The second-order valence-corrected chi connectivity index (χ2v) is 7.87. The first-order valence-electron chi connectivity index (χ1n) is 9.84. The Morgan fingerprint density at radius 2 is 1.62 bits per heavy atom. The van der Waals surface area contributed by atoms with Gasteiger partial charge in [-0.25, -0.2) is 4.79 Å². The Balaban J connectivity index is 1.36. The maximum Gasteiger partial charge on any atom is 0.434 e. The Kier molecular flexibility index (Phi) is 5.73. The second kappa shape index (κ2) is 8.42. The molecule has 1 aromatic heterocycles. The number of rotatable bonds is 4. The van der Waals surface area contributed by atoms with Crippen LogP contribution in [-0.2, 0) is 6.54 Å². The summed E-state index contributed by atoms with van der Waals surface area (Å²) in [6.45, 7) is 5.33. The molecule has 4 rings (SSSR count). The van der Waals surface area contributed by atoms with Crippen molar-refractivity contribution >= 4 is 23.4 Å². The Morgan fingerprint density at radius 3 is 2.28 bits per heavy atom. The van der Waals surface area contributed by atoms with Gasteiger partial charge in [-0.15, -0.1) is 4.73 Å². The van der Waals surface area contributed by atoms with Crippen molar-refractivity contribution in [2.75, 3.05) is 44.2 Å². The van der Waals surface area contributed by atoms with Gasteiger partial charge in [0.25, 0.3) is 0 Å². The van der Waals surface area contributed by atoms with E-state index >= 15 is 0 Å². The lowest BCUT2D eigenvalue weighted by Gasteiger charge is -2.34. The van der Waals surface area contributed by atoms with Crippen LogP contribution in [0.3, 0.4) is 0 Å². The van der Waals surface area contributed by atoms with E-state index in [0.717, 1.165) is 24.7 Å². The summed E-state index contributed by atoms with van der Waals surface area (Å²) in [5.74, 6) is -0.658. The molecule has 2 fully saturated rings. The van der Waals surface area contributed by atoms with Crippen LogP contribution in [0.4, 0.5) is 10.5 Å². The average Bonchev–Trinajstić information content (AvgIpc) is 3.35. The van der Waals surface area contributed by atoms with Gasteiger partial charge in [-0.3, -0.25) is 4.90 Å². The van der Waals surface area contributed by atoms with Gasteiger partial charge < -0.3 is 24.9 Å². The summed E-state index contributed by atoms with van der Waals surface area (Å²) >= 11 is 6.25. The molecule has 2 N–H and O–H groups in total. The van der Waals surface area contributed by atoms with Gasteiger partial charge >= 0.3 is 6.09 Å². The smallest absolute Gasteiger partial charge is 0.434 e. The zero-order valence-electron chi connectivity index (χ0n) is 16.1. The number of halogens is 1. The number of benzene rings is 1. The van der Waals surface area contributed by atoms with Gasteiger partial charge in [-0.2, -0.15) is 0 Å². The van der Waals surface area contributed by atoms with Crippen LogP contribution in [0.2, 0.25) is 5.02 Å². The number of hydrogen-bond acceptors (Lipinski definition) is 6. The first-order valence-corrected chi connectivity index (χ1v) is 10.2. The Hall–Kier alpha value is -2.58. The molecule has 3 heterocycles. The van der Waals surface area contributed by atoms with Crippen LogP contribution in [0.15, 0.2) is 30.3 Å². The minimum atomic E-state index is -0.605. The van der Waals surface area contributed by atoms with Crippen molar-refractivity contribution in [2.24, 2.45) is 0 Å². The molecule has 9 heteroatoms. The monoisotopic (exact) mass is 420 g/mol. The van der Waals surface area contributed by atoms with E-state index in [-0.39, 0.29) is 11.8 Å². The van der Waals surface area contributed by atoms with E-state index in [2.05, 4.69) is 15.9 Å². The molecule has 1 aromatic carbocycles. The molecule has 29 heavy (non-hydrogen) atoms. The van der Waals surface area contributed by atoms with E-state index in [0.29, 0.717) is 30.9 Å². The first kappa shape index (κ1) is 19.7. The van der Waals surface area contributed by atoms with Crippen LogP contribution in [-0.4, -0.2) is 70.1 Å². The fourth-order valence-corrected chi connectivity index (χ4v) is 4.10. The quantitative estimate of drug-likeness (QED) is 0.791. The summed E-state index contributed by atoms with van der Waals surface area (Å²) < 4.78 is 0.711. The molecule has 2 aliphatic heterocycles. The van der Waals surface area contributed by atoms with Crippen molar-refractivity contribution < 1.29 is 19.8 Å². The van der Waals surface area contributed by atoms with Gasteiger partial charge in [-0.05, 0) is 36.6 Å². The fraction of sp³-hybridized carbons (Fsp3) is 0.450. The highest BCUT2D eigenvalue weighted by Gasteiger charge is 2.25. The third kappa shape index (κ3) is 4.38. The molecule has 156 valence electrons. The number of carbonyl (C=O) groups is 1. The van der Waals surface area contributed by atoms with Gasteiger partial charge in [0.1, 0.15) is 0 Å². The zero-order chi connectivity index (χ0) is 20.4. The highest BCUT2D eigenvalue weighted by Crippen LogP contribution is 2.29. The molecule has 0 unspecified atom stereocenters. The zero-order valence-corrected chi connectivity index (χ0v) is 16.9. The van der Waals surface area contributed by atoms with E-state index in [9.17, 15) is 15.0 Å². The highest BCUT2D eigenvalue weighted by molar-refractivity contribution is 6.30. The fourth-order valence-electron chi connectivity index (χ4n) is 3.91. The maximum atomic E-state index is 12.3. The largest absolute Gasteiger partial charge is 0.492 e. The molecular weight excluding hydrogens is 396 g/mol. The highest BCUT2D eigenvalue weighted by atomic mass is 35.5. The molecule has 1 amide bonds. The number of aromatic nitrogens is 1. The van der Waals surface area contributed by atoms with Crippen LogP contribution in [0.1, 0.15) is 18.4 Å². The van der Waals surface area contributed by atoms with Crippen LogP contribution in [0, 0.1) is 0 Å². The molecule has 0 spiro atoms. The van der Waals surface area contributed by atoms with Gasteiger partial charge in [0, 0.05) is 68.7 Å². The van der Waals surface area contributed by atoms with E-state index in [1.807, 2.05) is 12.1 Å². The van der Waals surface area contributed by atoms with E-state index in [4.69, 9.17) is 16.4 Å². The molecule has 0 saturated carbocycles.